The number of rotatable bonds is 7. The van der Waals surface area contributed by atoms with E-state index in [1.807, 2.05) is 60.7 Å². The maximum absolute atomic E-state index is 6.19. The molecule has 1 N–H and O–H groups in total. The lowest BCUT2D eigenvalue weighted by molar-refractivity contribution is 0.302. The molecule has 0 aliphatic carbocycles. The maximum Gasteiger partial charge on any atom is 0.124 e. The Morgan fingerprint density at radius 3 is 2.52 bits per heavy atom. The van der Waals surface area contributed by atoms with Gasteiger partial charge in [0.15, 0.2) is 0 Å². The Morgan fingerprint density at radius 2 is 1.72 bits per heavy atom. The third-order valence-corrected chi connectivity index (χ3v) is 4.32. The SMILES string of the molecule is Clc1ccc(OCc2ccccc2Cl)c(CNCc2ccccn2)c1. The summed E-state index contributed by atoms with van der Waals surface area (Å²) >= 11 is 12.3. The first-order chi connectivity index (χ1) is 12.2. The second-order valence-electron chi connectivity index (χ2n) is 5.56. The Hall–Kier alpha value is -2.07. The molecule has 0 saturated carbocycles. The zero-order chi connectivity index (χ0) is 17.5. The van der Waals surface area contributed by atoms with Crippen molar-refractivity contribution in [2.24, 2.45) is 0 Å². The third kappa shape index (κ3) is 5.20. The minimum atomic E-state index is 0.411. The van der Waals surface area contributed by atoms with Crippen LogP contribution < -0.4 is 10.1 Å². The molecule has 0 bridgehead atoms. The molecule has 0 aliphatic rings. The van der Waals surface area contributed by atoms with Crippen molar-refractivity contribution in [1.29, 1.82) is 0 Å². The standard InChI is InChI=1S/C20H18Cl2N2O/c21-17-8-9-20(25-14-15-5-1-2-7-19(15)22)16(11-17)12-23-13-18-6-3-4-10-24-18/h1-11,23H,12-14H2. The Labute approximate surface area is 157 Å². The lowest BCUT2D eigenvalue weighted by Crippen LogP contribution is -2.14. The molecule has 0 radical (unpaired) electrons. The van der Waals surface area contributed by atoms with E-state index in [4.69, 9.17) is 27.9 Å². The smallest absolute Gasteiger partial charge is 0.124 e. The first-order valence-corrected chi connectivity index (χ1v) is 8.73. The minimum Gasteiger partial charge on any atom is -0.489 e. The van der Waals surface area contributed by atoms with Crippen molar-refractivity contribution in [2.45, 2.75) is 19.7 Å². The first-order valence-electron chi connectivity index (χ1n) is 7.97. The van der Waals surface area contributed by atoms with E-state index in [0.717, 1.165) is 22.6 Å². The van der Waals surface area contributed by atoms with Crippen LogP contribution in [0.25, 0.3) is 0 Å². The lowest BCUT2D eigenvalue weighted by atomic mass is 10.2. The molecule has 0 amide bonds. The highest BCUT2D eigenvalue weighted by Crippen LogP contribution is 2.25. The maximum atomic E-state index is 6.19. The van der Waals surface area contributed by atoms with Crippen LogP contribution in [0, 0.1) is 0 Å². The van der Waals surface area contributed by atoms with E-state index in [1.165, 1.54) is 0 Å². The van der Waals surface area contributed by atoms with Gasteiger partial charge >= 0.3 is 0 Å². The van der Waals surface area contributed by atoms with Crippen LogP contribution in [0.3, 0.4) is 0 Å². The van der Waals surface area contributed by atoms with E-state index < -0.39 is 0 Å². The molecule has 128 valence electrons. The van der Waals surface area contributed by atoms with Crippen molar-refractivity contribution in [3.63, 3.8) is 0 Å². The van der Waals surface area contributed by atoms with E-state index in [0.29, 0.717) is 29.7 Å². The Bertz CT molecular complexity index is 825. The van der Waals surface area contributed by atoms with Crippen LogP contribution in [0.1, 0.15) is 16.8 Å². The Balaban J connectivity index is 1.64. The summed E-state index contributed by atoms with van der Waals surface area (Å²) in [5, 5.41) is 4.75. The summed E-state index contributed by atoms with van der Waals surface area (Å²) in [6.07, 6.45) is 1.79. The van der Waals surface area contributed by atoms with Gasteiger partial charge in [-0.05, 0) is 36.4 Å². The number of nitrogens with one attached hydrogen (secondary N) is 1. The lowest BCUT2D eigenvalue weighted by Gasteiger charge is -2.13. The first kappa shape index (κ1) is 17.7. The molecule has 25 heavy (non-hydrogen) atoms. The molecule has 5 heteroatoms. The van der Waals surface area contributed by atoms with Crippen LogP contribution in [-0.4, -0.2) is 4.98 Å². The van der Waals surface area contributed by atoms with Crippen molar-refractivity contribution in [3.8, 4) is 5.75 Å². The van der Waals surface area contributed by atoms with Gasteiger partial charge in [-0.15, -0.1) is 0 Å². The summed E-state index contributed by atoms with van der Waals surface area (Å²) in [5.74, 6) is 0.790. The van der Waals surface area contributed by atoms with Crippen LogP contribution >= 0.6 is 23.2 Å². The Morgan fingerprint density at radius 1 is 0.880 bits per heavy atom. The van der Waals surface area contributed by atoms with Gasteiger partial charge in [0.2, 0.25) is 0 Å². The fraction of sp³-hybridized carbons (Fsp3) is 0.150. The molecule has 1 aromatic heterocycles. The van der Waals surface area contributed by atoms with Gasteiger partial charge < -0.3 is 10.1 Å². The Kier molecular flexibility index (Phi) is 6.29. The van der Waals surface area contributed by atoms with Crippen molar-refractivity contribution in [1.82, 2.24) is 10.3 Å². The number of halogens is 2. The van der Waals surface area contributed by atoms with Crippen LogP contribution in [0.5, 0.6) is 5.75 Å². The molecule has 1 heterocycles. The topological polar surface area (TPSA) is 34.1 Å². The van der Waals surface area contributed by atoms with E-state index in [9.17, 15) is 0 Å². The number of nitrogens with zero attached hydrogens (tertiary/aromatic N) is 1. The predicted octanol–water partition coefficient (Wildman–Crippen LogP) is 5.26. The number of hydrogen-bond donors (Lipinski definition) is 1. The number of pyridine rings is 1. The molecule has 3 rings (SSSR count). The summed E-state index contributed by atoms with van der Waals surface area (Å²) in [5.41, 5.74) is 2.94. The van der Waals surface area contributed by atoms with Gasteiger partial charge in [-0.1, -0.05) is 47.5 Å². The normalized spacial score (nSPS) is 10.6. The highest BCUT2D eigenvalue weighted by Gasteiger charge is 2.07. The zero-order valence-electron chi connectivity index (χ0n) is 13.6. The molecule has 0 unspecified atom stereocenters. The van der Waals surface area contributed by atoms with Gasteiger partial charge in [-0.2, -0.15) is 0 Å². The summed E-state index contributed by atoms with van der Waals surface area (Å²) in [6.45, 7) is 1.72. The van der Waals surface area contributed by atoms with Crippen molar-refractivity contribution >= 4 is 23.2 Å². The molecular weight excluding hydrogens is 355 g/mol. The fourth-order valence-electron chi connectivity index (χ4n) is 2.43. The van der Waals surface area contributed by atoms with Crippen LogP contribution in [0.4, 0.5) is 0 Å². The van der Waals surface area contributed by atoms with Gasteiger partial charge in [0.05, 0.1) is 5.69 Å². The molecular formula is C20H18Cl2N2O. The summed E-state index contributed by atoms with van der Waals surface area (Å²) < 4.78 is 5.96. The summed E-state index contributed by atoms with van der Waals surface area (Å²) in [7, 11) is 0. The van der Waals surface area contributed by atoms with E-state index in [2.05, 4.69) is 10.3 Å². The highest BCUT2D eigenvalue weighted by molar-refractivity contribution is 6.31. The number of benzene rings is 2. The van der Waals surface area contributed by atoms with Gasteiger partial charge in [0.1, 0.15) is 12.4 Å². The fourth-order valence-corrected chi connectivity index (χ4v) is 2.81. The van der Waals surface area contributed by atoms with Crippen LogP contribution in [0.15, 0.2) is 66.9 Å². The highest BCUT2D eigenvalue weighted by atomic mass is 35.5. The van der Waals surface area contributed by atoms with Gasteiger partial charge in [-0.25, -0.2) is 0 Å². The molecule has 3 nitrogen and oxygen atoms in total. The molecule has 2 aromatic carbocycles. The average Bonchev–Trinajstić information content (AvgIpc) is 2.63. The van der Waals surface area contributed by atoms with Crippen LogP contribution in [-0.2, 0) is 19.7 Å². The third-order valence-electron chi connectivity index (χ3n) is 3.71. The van der Waals surface area contributed by atoms with E-state index in [-0.39, 0.29) is 0 Å². The monoisotopic (exact) mass is 372 g/mol. The van der Waals surface area contributed by atoms with Crippen LogP contribution in [0.2, 0.25) is 10.0 Å². The summed E-state index contributed by atoms with van der Waals surface area (Å²) in [4.78, 5) is 4.30. The molecule has 0 atom stereocenters. The van der Waals surface area contributed by atoms with Crippen molar-refractivity contribution < 1.29 is 4.74 Å². The molecule has 0 saturated heterocycles. The zero-order valence-corrected chi connectivity index (χ0v) is 15.1. The van der Waals surface area contributed by atoms with Crippen molar-refractivity contribution in [2.75, 3.05) is 0 Å². The average molecular weight is 373 g/mol. The van der Waals surface area contributed by atoms with Gasteiger partial charge in [-0.3, -0.25) is 4.98 Å². The molecule has 0 fully saturated rings. The number of hydrogen-bond acceptors (Lipinski definition) is 3. The predicted molar refractivity (Wildman–Crippen MR) is 102 cm³/mol. The number of ether oxygens (including phenoxy) is 1. The van der Waals surface area contributed by atoms with Gasteiger partial charge in [0.25, 0.3) is 0 Å². The molecule has 3 aromatic rings. The second kappa shape index (κ2) is 8.86. The summed E-state index contributed by atoms with van der Waals surface area (Å²) in [6, 6.07) is 19.2. The number of aromatic nitrogens is 1. The molecule has 0 spiro atoms. The van der Waals surface area contributed by atoms with E-state index >= 15 is 0 Å². The second-order valence-corrected chi connectivity index (χ2v) is 6.40. The van der Waals surface area contributed by atoms with Gasteiger partial charge in [0, 0.05) is 40.5 Å². The molecule has 0 aliphatic heterocycles. The minimum absolute atomic E-state index is 0.411. The van der Waals surface area contributed by atoms with Crippen molar-refractivity contribution in [3.05, 3.63) is 93.7 Å². The quantitative estimate of drug-likeness (QED) is 0.614. The van der Waals surface area contributed by atoms with E-state index in [1.54, 1.807) is 6.20 Å². The largest absolute Gasteiger partial charge is 0.489 e.